The number of aryl methyl sites for hydroxylation is 1. The average molecular weight is 1770 g/mol. The molecule has 8 aromatic heterocycles. The van der Waals surface area contributed by atoms with E-state index >= 15 is 0 Å². The van der Waals surface area contributed by atoms with E-state index in [0.29, 0.717) is 54.1 Å². The van der Waals surface area contributed by atoms with E-state index in [1.807, 2.05) is 120 Å². The van der Waals surface area contributed by atoms with Crippen LogP contribution in [0.15, 0.2) is 291 Å². The molecule has 0 spiro atoms. The molecular formula is C81H72ClFN16O12S8. The van der Waals surface area contributed by atoms with Crippen molar-refractivity contribution in [3.8, 4) is 0 Å². The predicted molar refractivity (Wildman–Crippen MR) is 468 cm³/mol. The Labute approximate surface area is 703 Å². The van der Waals surface area contributed by atoms with Crippen LogP contribution >= 0.6 is 56.9 Å². The average Bonchev–Trinajstić information content (AvgIpc) is 1.76. The third-order valence-corrected chi connectivity index (χ3v) is 27.4. The van der Waals surface area contributed by atoms with Crippen LogP contribution in [0.1, 0.15) is 57.4 Å². The van der Waals surface area contributed by atoms with Crippen molar-refractivity contribution in [2.24, 2.45) is 0 Å². The molecule has 0 bridgehead atoms. The van der Waals surface area contributed by atoms with E-state index in [1.165, 1.54) is 137 Å². The van der Waals surface area contributed by atoms with Crippen LogP contribution in [0.3, 0.4) is 0 Å². The van der Waals surface area contributed by atoms with Gasteiger partial charge in [0.1, 0.15) is 30.0 Å². The molecule has 0 aliphatic rings. The second-order valence-corrected chi connectivity index (χ2v) is 37.2. The summed E-state index contributed by atoms with van der Waals surface area (Å²) in [7, 11) is -15.0. The highest BCUT2D eigenvalue weighted by atomic mass is 35.5. The van der Waals surface area contributed by atoms with Crippen molar-refractivity contribution in [2.75, 3.05) is 40.2 Å². The SMILES string of the molecule is CC(C(=O)Nc1ccc(S(=O)(=O)Nc2nccs2)cc1)n1ccc2c(F)cccc21.CC(C(=O)Nc1ccc(S(=O)(=O)Nc2nccs2)cc1)n1ccc2ccc(Cl)cc21.CC(C(=O)Nc1ccc(S(=O)(=O)Nc2nccs2)cc1)n1ccc2ccccc21.Cc1ccc2c(ccn2C(C)C(=O)Nc2ccc(S(=O)(=O)Nc3nccs3)cc2)c1. The number of benzene rings is 8. The summed E-state index contributed by atoms with van der Waals surface area (Å²) in [6.07, 6.45) is 13.4. The fraction of sp³-hybridized carbons (Fsp3) is 0.111. The van der Waals surface area contributed by atoms with Crippen LogP contribution in [0, 0.1) is 12.7 Å². The smallest absolute Gasteiger partial charge is 0.263 e. The Hall–Kier alpha value is -12.5. The molecule has 4 unspecified atom stereocenters. The first-order valence-corrected chi connectivity index (χ1v) is 45.8. The quantitative estimate of drug-likeness (QED) is 0.0279. The summed E-state index contributed by atoms with van der Waals surface area (Å²) in [6, 6.07) is 53.6. The topological polar surface area (TPSA) is 372 Å². The molecule has 4 atom stereocenters. The van der Waals surface area contributed by atoms with Gasteiger partial charge in [-0.2, -0.15) is 0 Å². The molecule has 16 aromatic rings. The standard InChI is InChI=1S/C21H20N4O3S2.C20H17ClN4O3S2.C20H17FN4O3S2.C20H18N4O3S2/c1-14-3-8-19-16(13-14)9-11-25(19)15(2)20(26)23-17-4-6-18(7-5-17)30(27,28)24-21-22-10-12-29-21;1-13(25-10-8-14-2-3-15(21)12-18(14)25)19(26)23-16-4-6-17(7-5-16)30(27,28)24-20-22-9-11-29-20;1-13(25-11-9-16-17(21)3-2-4-18(16)25)19(26)23-14-5-7-15(8-6-14)30(27,28)24-20-22-10-12-29-20;1-14(24-12-10-15-4-2-3-5-18(15)24)19(25)22-16-6-8-17(9-7-16)29(26,27)23-20-21-11-13-28-20/h3-13,15H,1-2H3,(H,22,24)(H,23,26);2*2-13H,1H3,(H,22,24)(H,23,26);2-14H,1H3,(H,21,23)(H,22,25). The van der Waals surface area contributed by atoms with Crippen LogP contribution in [0.2, 0.25) is 5.02 Å². The molecule has 0 radical (unpaired) electrons. The lowest BCUT2D eigenvalue weighted by atomic mass is 10.2. The van der Waals surface area contributed by atoms with Gasteiger partial charge in [-0.1, -0.05) is 53.6 Å². The highest BCUT2D eigenvalue weighted by Gasteiger charge is 2.25. The van der Waals surface area contributed by atoms with Crippen LogP contribution in [0.5, 0.6) is 0 Å². The van der Waals surface area contributed by atoms with Gasteiger partial charge in [-0.05, 0) is 215 Å². The van der Waals surface area contributed by atoms with Crippen molar-refractivity contribution in [3.05, 3.63) is 288 Å². The summed E-state index contributed by atoms with van der Waals surface area (Å²) >= 11 is 10.8. The zero-order valence-electron chi connectivity index (χ0n) is 63.3. The number of para-hydroxylation sites is 1. The Bertz CT molecular complexity index is 6650. The lowest BCUT2D eigenvalue weighted by molar-refractivity contribution is -0.119. The number of anilines is 8. The van der Waals surface area contributed by atoms with Crippen LogP contribution < -0.4 is 40.2 Å². The van der Waals surface area contributed by atoms with E-state index in [2.05, 4.69) is 66.2 Å². The van der Waals surface area contributed by atoms with E-state index in [4.69, 9.17) is 11.6 Å². The Kier molecular flexibility index (Phi) is 26.0. The van der Waals surface area contributed by atoms with Gasteiger partial charge in [-0.15, -0.1) is 45.3 Å². The highest BCUT2D eigenvalue weighted by Crippen LogP contribution is 2.31. The van der Waals surface area contributed by atoms with Crippen LogP contribution in [0.4, 0.5) is 47.7 Å². The molecule has 0 saturated carbocycles. The Morgan fingerprint density at radius 1 is 0.353 bits per heavy atom. The Morgan fingerprint density at radius 2 is 0.672 bits per heavy atom. The number of halogens is 2. The van der Waals surface area contributed by atoms with Gasteiger partial charge in [0.05, 0.1) is 30.6 Å². The molecule has 0 saturated heterocycles. The van der Waals surface area contributed by atoms with Crippen molar-refractivity contribution < 1.29 is 57.2 Å². The lowest BCUT2D eigenvalue weighted by Crippen LogP contribution is -2.23. The summed E-state index contributed by atoms with van der Waals surface area (Å²) < 4.78 is 130. The molecule has 0 aliphatic carbocycles. The van der Waals surface area contributed by atoms with Gasteiger partial charge in [0.25, 0.3) is 40.1 Å². The van der Waals surface area contributed by atoms with E-state index in [0.717, 1.165) is 38.3 Å². The van der Waals surface area contributed by atoms with Gasteiger partial charge in [0, 0.05) is 115 Å². The fourth-order valence-corrected chi connectivity index (χ4v) is 19.5. The number of aromatic nitrogens is 8. The molecule has 8 aromatic carbocycles. The number of thiazole rings is 4. The van der Waals surface area contributed by atoms with Crippen molar-refractivity contribution >= 4 is 208 Å². The number of amides is 4. The van der Waals surface area contributed by atoms with Crippen LogP contribution in [0.25, 0.3) is 43.6 Å². The summed E-state index contributed by atoms with van der Waals surface area (Å²) in [5, 5.41) is 23.3. The first-order valence-electron chi connectivity index (χ1n) is 35.9. The maximum atomic E-state index is 13.9. The minimum absolute atomic E-state index is 0.0515. The minimum Gasteiger partial charge on any atom is -0.335 e. The number of hydrogen-bond acceptors (Lipinski definition) is 20. The monoisotopic (exact) mass is 1770 g/mol. The second kappa shape index (κ2) is 36.6. The van der Waals surface area contributed by atoms with Gasteiger partial charge < -0.3 is 39.5 Å². The molecule has 4 amide bonds. The molecule has 0 aliphatic heterocycles. The molecule has 8 N–H and O–H groups in total. The molecule has 16 rings (SSSR count). The number of carbonyl (C=O) groups is 4. The maximum Gasteiger partial charge on any atom is 0.263 e. The molecule has 610 valence electrons. The number of rotatable bonds is 24. The van der Waals surface area contributed by atoms with E-state index < -0.39 is 64.3 Å². The van der Waals surface area contributed by atoms with Crippen molar-refractivity contribution in [2.45, 2.75) is 78.4 Å². The highest BCUT2D eigenvalue weighted by molar-refractivity contribution is 7.93. The van der Waals surface area contributed by atoms with Gasteiger partial charge in [-0.25, -0.2) is 58.0 Å². The number of nitrogens with zero attached hydrogens (tertiary/aromatic N) is 8. The molecule has 119 heavy (non-hydrogen) atoms. The zero-order chi connectivity index (χ0) is 84.3. The van der Waals surface area contributed by atoms with Crippen molar-refractivity contribution in [3.63, 3.8) is 0 Å². The number of carbonyl (C=O) groups excluding carboxylic acids is 4. The second-order valence-electron chi connectivity index (χ2n) is 26.4. The number of sulfonamides is 4. The fourth-order valence-electron chi connectivity index (χ4n) is 12.2. The summed E-state index contributed by atoms with van der Waals surface area (Å²) in [6.45, 7) is 9.16. The third-order valence-electron chi connectivity index (χ3n) is 18.4. The van der Waals surface area contributed by atoms with E-state index in [-0.39, 0.29) is 54.2 Å². The van der Waals surface area contributed by atoms with Crippen LogP contribution in [-0.2, 0) is 59.3 Å². The van der Waals surface area contributed by atoms with Crippen molar-refractivity contribution in [1.82, 2.24) is 38.2 Å². The molecular weight excluding hydrogens is 1700 g/mol. The van der Waals surface area contributed by atoms with E-state index in [9.17, 15) is 57.2 Å². The predicted octanol–water partition coefficient (Wildman–Crippen LogP) is 17.5. The number of fused-ring (bicyclic) bond motifs is 4. The van der Waals surface area contributed by atoms with Crippen molar-refractivity contribution in [1.29, 1.82) is 0 Å². The summed E-state index contributed by atoms with van der Waals surface area (Å²) in [5.74, 6) is -1.27. The maximum absolute atomic E-state index is 13.9. The van der Waals surface area contributed by atoms with E-state index in [1.54, 1.807) is 107 Å². The third kappa shape index (κ3) is 20.6. The number of nitrogens with one attached hydrogen (secondary N) is 8. The largest absolute Gasteiger partial charge is 0.335 e. The Balaban J connectivity index is 0.000000137. The molecule has 28 nitrogen and oxygen atoms in total. The normalized spacial score (nSPS) is 12.6. The number of hydrogen-bond donors (Lipinski definition) is 8. The van der Waals surface area contributed by atoms with Gasteiger partial charge in [0.15, 0.2) is 20.5 Å². The first-order chi connectivity index (χ1) is 56.9. The summed E-state index contributed by atoms with van der Waals surface area (Å²) in [4.78, 5) is 66.8. The molecule has 38 heteroatoms. The zero-order valence-corrected chi connectivity index (χ0v) is 70.6. The molecule has 8 heterocycles. The lowest BCUT2D eigenvalue weighted by Gasteiger charge is -2.16. The summed E-state index contributed by atoms with van der Waals surface area (Å²) in [5.41, 5.74) is 6.59. The Morgan fingerprint density at radius 3 is 1.04 bits per heavy atom. The van der Waals surface area contributed by atoms with Gasteiger partial charge in [-0.3, -0.25) is 38.1 Å². The van der Waals surface area contributed by atoms with Gasteiger partial charge >= 0.3 is 0 Å². The van der Waals surface area contributed by atoms with Gasteiger partial charge in [0.2, 0.25) is 23.6 Å². The van der Waals surface area contributed by atoms with Crippen LogP contribution in [-0.4, -0.2) is 95.5 Å². The first kappa shape index (κ1) is 84.5. The molecule has 0 fully saturated rings. The minimum atomic E-state index is -3.76.